The Kier molecular flexibility index (Phi) is 4.27. The quantitative estimate of drug-likeness (QED) is 0.188. The number of nitrogens with zero attached hydrogens (tertiary/aromatic N) is 1. The topological polar surface area (TPSA) is 43.1 Å². The molecule has 0 aromatic rings. The van der Waals surface area contributed by atoms with Crippen molar-refractivity contribution in [1.82, 2.24) is 0 Å². The molecule has 0 spiro atoms. The molecule has 0 heterocycles. The van der Waals surface area contributed by atoms with E-state index in [1.165, 1.54) is 0 Å². The first-order valence-electron chi connectivity index (χ1n) is 2.80. The molecule has 0 radical (unpaired) electrons. The maximum absolute atomic E-state index is 9.97. The fraction of sp³-hybridized carbons (Fsp3) is 0.800. The van der Waals surface area contributed by atoms with Crippen LogP contribution in [0, 0.1) is 16.2 Å². The normalized spacial score (nSPS) is 17.1. The van der Waals surface area contributed by atoms with Crippen LogP contribution < -0.4 is 29.6 Å². The van der Waals surface area contributed by atoms with E-state index in [1.807, 2.05) is 0 Å². The van der Waals surface area contributed by atoms with Crippen molar-refractivity contribution in [3.8, 4) is 0 Å². The summed E-state index contributed by atoms with van der Waals surface area (Å²) in [5.74, 6) is 0. The van der Waals surface area contributed by atoms with Crippen molar-refractivity contribution in [3.05, 3.63) is 16.2 Å². The Morgan fingerprint density at radius 1 is 1.33 bits per heavy atom. The Hall–Kier alpha value is 0.270. The van der Waals surface area contributed by atoms with Crippen molar-refractivity contribution >= 4 is 0 Å². The molecule has 9 heavy (non-hydrogen) atoms. The molecule has 1 aliphatic carbocycles. The van der Waals surface area contributed by atoms with Crippen molar-refractivity contribution in [2.45, 2.75) is 25.7 Å². The van der Waals surface area contributed by atoms with Crippen LogP contribution in [0.2, 0.25) is 0 Å². The van der Waals surface area contributed by atoms with Gasteiger partial charge in [0.2, 0.25) is 0 Å². The molecule has 1 rings (SSSR count). The van der Waals surface area contributed by atoms with Gasteiger partial charge in [0.15, 0.2) is 0 Å². The van der Waals surface area contributed by atoms with Crippen molar-refractivity contribution in [3.63, 3.8) is 0 Å². The monoisotopic (exact) mass is 137 g/mol. The summed E-state index contributed by atoms with van der Waals surface area (Å²) in [6.07, 6.45) is 3.45. The summed E-state index contributed by atoms with van der Waals surface area (Å²) in [5, 5.41) is 9.97. The Balaban J connectivity index is 0.000000640. The van der Waals surface area contributed by atoms with E-state index in [4.69, 9.17) is 0 Å². The molecule has 1 aliphatic rings. The van der Waals surface area contributed by atoms with Gasteiger partial charge in [-0.3, -0.25) is 10.1 Å². The maximum Gasteiger partial charge on any atom is 1.00 e. The van der Waals surface area contributed by atoms with Crippen molar-refractivity contribution in [1.29, 1.82) is 0 Å². The minimum Gasteiger partial charge on any atom is -0.295 e. The van der Waals surface area contributed by atoms with Crippen molar-refractivity contribution in [2.75, 3.05) is 0 Å². The molecule has 0 saturated heterocycles. The molecule has 0 aliphatic heterocycles. The second-order valence-corrected chi connectivity index (χ2v) is 2.03. The van der Waals surface area contributed by atoms with E-state index < -0.39 is 0 Å². The van der Waals surface area contributed by atoms with E-state index in [0.29, 0.717) is 18.9 Å². The molecule has 4 heteroatoms. The SMILES string of the molecule is O=[N+]([O-])[C-]1CCCC1.[Na+]. The Bertz CT molecular complexity index is 101. The van der Waals surface area contributed by atoms with E-state index in [2.05, 4.69) is 0 Å². The number of hydrogen-bond donors (Lipinski definition) is 0. The average molecular weight is 137 g/mol. The van der Waals surface area contributed by atoms with E-state index in [1.54, 1.807) is 0 Å². The molecule has 0 unspecified atom stereocenters. The summed E-state index contributed by atoms with van der Waals surface area (Å²) in [6.45, 7) is 0. The van der Waals surface area contributed by atoms with Crippen LogP contribution in [-0.4, -0.2) is 4.92 Å². The molecule has 46 valence electrons. The zero-order valence-electron chi connectivity index (χ0n) is 5.59. The summed E-state index contributed by atoms with van der Waals surface area (Å²) in [7, 11) is 0. The Morgan fingerprint density at radius 3 is 2.00 bits per heavy atom. The molecular weight excluding hydrogens is 129 g/mol. The molecular formula is C5H8NNaO2. The minimum absolute atomic E-state index is 0. The fourth-order valence-electron chi connectivity index (χ4n) is 0.966. The molecule has 0 N–H and O–H groups in total. The van der Waals surface area contributed by atoms with Gasteiger partial charge in [0, 0.05) is 0 Å². The Labute approximate surface area is 76.3 Å². The molecule has 0 bridgehead atoms. The molecule has 0 amide bonds. The molecule has 0 atom stereocenters. The van der Waals surface area contributed by atoms with E-state index in [0.717, 1.165) is 12.8 Å². The van der Waals surface area contributed by atoms with Gasteiger partial charge in [0.1, 0.15) is 0 Å². The standard InChI is InChI=1S/C5H8NO2.Na/c7-6(8)5-3-1-2-4-5;/h1-4H2;/q-1;+1. The second-order valence-electron chi connectivity index (χ2n) is 2.03. The van der Waals surface area contributed by atoms with Gasteiger partial charge < -0.3 is 0 Å². The summed E-state index contributed by atoms with van der Waals surface area (Å²) in [6, 6.07) is 0.519. The summed E-state index contributed by atoms with van der Waals surface area (Å²) >= 11 is 0. The van der Waals surface area contributed by atoms with Crippen LogP contribution in [0.1, 0.15) is 25.7 Å². The van der Waals surface area contributed by atoms with Crippen LogP contribution in [0.3, 0.4) is 0 Å². The van der Waals surface area contributed by atoms with Crippen LogP contribution in [0.25, 0.3) is 0 Å². The van der Waals surface area contributed by atoms with Crippen LogP contribution in [0.4, 0.5) is 0 Å². The van der Waals surface area contributed by atoms with Crippen LogP contribution >= 0.6 is 0 Å². The maximum atomic E-state index is 9.97. The summed E-state index contributed by atoms with van der Waals surface area (Å²) in [4.78, 5) is 9.73. The van der Waals surface area contributed by atoms with Gasteiger partial charge in [-0.2, -0.15) is 0 Å². The molecule has 0 aromatic heterocycles. The third kappa shape index (κ3) is 2.56. The van der Waals surface area contributed by atoms with Crippen LogP contribution in [-0.2, 0) is 0 Å². The van der Waals surface area contributed by atoms with Crippen LogP contribution in [0.15, 0.2) is 0 Å². The predicted octanol–water partition coefficient (Wildman–Crippen LogP) is -1.63. The minimum atomic E-state index is -0.243. The molecule has 1 fully saturated rings. The summed E-state index contributed by atoms with van der Waals surface area (Å²) < 4.78 is 0. The first-order chi connectivity index (χ1) is 3.80. The van der Waals surface area contributed by atoms with Gasteiger partial charge in [0.05, 0.1) is 0 Å². The molecule has 3 nitrogen and oxygen atoms in total. The number of hydrogen-bond acceptors (Lipinski definition) is 2. The van der Waals surface area contributed by atoms with E-state index in [-0.39, 0.29) is 34.5 Å². The van der Waals surface area contributed by atoms with E-state index in [9.17, 15) is 10.1 Å². The number of rotatable bonds is 1. The molecule has 0 aromatic carbocycles. The predicted molar refractivity (Wildman–Crippen MR) is 28.7 cm³/mol. The van der Waals surface area contributed by atoms with Crippen LogP contribution in [0.5, 0.6) is 0 Å². The van der Waals surface area contributed by atoms with Gasteiger partial charge in [-0.15, -0.1) is 17.8 Å². The molecule has 1 saturated carbocycles. The van der Waals surface area contributed by atoms with Gasteiger partial charge >= 0.3 is 29.6 Å². The largest absolute Gasteiger partial charge is 1.00 e. The zero-order valence-corrected chi connectivity index (χ0v) is 7.59. The van der Waals surface area contributed by atoms with Gasteiger partial charge in [-0.05, 0) is 6.04 Å². The van der Waals surface area contributed by atoms with Crippen molar-refractivity contribution < 1.29 is 34.5 Å². The first-order valence-corrected chi connectivity index (χ1v) is 2.80. The van der Waals surface area contributed by atoms with Crippen molar-refractivity contribution in [2.24, 2.45) is 0 Å². The van der Waals surface area contributed by atoms with Gasteiger partial charge in [0.25, 0.3) is 0 Å². The third-order valence-corrected chi connectivity index (χ3v) is 1.44. The summed E-state index contributed by atoms with van der Waals surface area (Å²) in [5.41, 5.74) is 0. The average Bonchev–Trinajstić information content (AvgIpc) is 2.12. The van der Waals surface area contributed by atoms with Gasteiger partial charge in [-0.1, -0.05) is 12.8 Å². The van der Waals surface area contributed by atoms with E-state index >= 15 is 0 Å². The number of nitro groups is 1. The Morgan fingerprint density at radius 2 is 1.78 bits per heavy atom. The second kappa shape index (κ2) is 4.14. The fourth-order valence-corrected chi connectivity index (χ4v) is 0.966. The first kappa shape index (κ1) is 9.27. The third-order valence-electron chi connectivity index (χ3n) is 1.44. The zero-order chi connectivity index (χ0) is 5.98. The smallest absolute Gasteiger partial charge is 0.295 e. The van der Waals surface area contributed by atoms with Gasteiger partial charge in [-0.25, -0.2) is 0 Å².